The van der Waals surface area contributed by atoms with Gasteiger partial charge in [-0.1, -0.05) is 49.4 Å². The molecule has 0 spiro atoms. The highest BCUT2D eigenvalue weighted by molar-refractivity contribution is 8.01. The highest BCUT2D eigenvalue weighted by atomic mass is 32.2. The molecule has 7 heteroatoms. The number of thioether (sulfide) groups is 1. The fourth-order valence-electron chi connectivity index (χ4n) is 2.80. The van der Waals surface area contributed by atoms with E-state index in [1.165, 1.54) is 11.8 Å². The molecule has 2 amide bonds. The van der Waals surface area contributed by atoms with Crippen LogP contribution in [0, 0.1) is 0 Å². The Bertz CT molecular complexity index is 856. The molecule has 0 saturated heterocycles. The highest BCUT2D eigenvalue weighted by Gasteiger charge is 2.29. The van der Waals surface area contributed by atoms with E-state index >= 15 is 0 Å². The molecule has 6 nitrogen and oxygen atoms in total. The molecule has 0 radical (unpaired) electrons. The maximum Gasteiger partial charge on any atom is 0.307 e. The molecule has 0 saturated carbocycles. The summed E-state index contributed by atoms with van der Waals surface area (Å²) in [6, 6.07) is 17.3. The lowest BCUT2D eigenvalue weighted by molar-refractivity contribution is -0.149. The zero-order valence-electron chi connectivity index (χ0n) is 15.5. The number of esters is 1. The zero-order valence-corrected chi connectivity index (χ0v) is 16.3. The number of rotatable bonds is 7. The van der Waals surface area contributed by atoms with Crippen molar-refractivity contribution in [1.82, 2.24) is 5.32 Å². The summed E-state index contributed by atoms with van der Waals surface area (Å²) in [5, 5.41) is 4.98. The molecule has 0 bridgehead atoms. The smallest absolute Gasteiger partial charge is 0.307 e. The standard InChI is InChI=1S/C21H22N2O4S/c1-14(15-7-3-2-4-8-15)12-22-19(24)13-27-20(25)11-18-21(26)23-16-9-5-6-10-17(16)28-18/h2-10,14,18H,11-13H2,1H3,(H,22,24)(H,23,26)/t14-,18+/m1/s1. The number of hydrogen-bond acceptors (Lipinski definition) is 5. The van der Waals surface area contributed by atoms with Crippen molar-refractivity contribution in [1.29, 1.82) is 0 Å². The maximum absolute atomic E-state index is 12.1. The first-order chi connectivity index (χ1) is 13.5. The lowest BCUT2D eigenvalue weighted by Crippen LogP contribution is -2.34. The minimum atomic E-state index is -0.571. The van der Waals surface area contributed by atoms with Crippen LogP contribution in [0.25, 0.3) is 0 Å². The summed E-state index contributed by atoms with van der Waals surface area (Å²) < 4.78 is 5.04. The average Bonchev–Trinajstić information content (AvgIpc) is 2.71. The highest BCUT2D eigenvalue weighted by Crippen LogP contribution is 2.36. The van der Waals surface area contributed by atoms with E-state index in [0.717, 1.165) is 16.1 Å². The maximum atomic E-state index is 12.1. The minimum absolute atomic E-state index is 0.0848. The number of fused-ring (bicyclic) bond motifs is 1. The summed E-state index contributed by atoms with van der Waals surface area (Å²) in [4.78, 5) is 37.0. The van der Waals surface area contributed by atoms with Crippen LogP contribution in [0.1, 0.15) is 24.8 Å². The molecule has 2 aromatic carbocycles. The molecule has 28 heavy (non-hydrogen) atoms. The molecule has 0 aliphatic carbocycles. The van der Waals surface area contributed by atoms with Crippen molar-refractivity contribution in [2.24, 2.45) is 0 Å². The first kappa shape index (κ1) is 19.9. The summed E-state index contributed by atoms with van der Waals surface area (Å²) in [7, 11) is 0. The summed E-state index contributed by atoms with van der Waals surface area (Å²) >= 11 is 1.33. The monoisotopic (exact) mass is 398 g/mol. The Morgan fingerprint density at radius 3 is 2.64 bits per heavy atom. The van der Waals surface area contributed by atoms with Gasteiger partial charge in [0.15, 0.2) is 6.61 Å². The molecule has 1 aliphatic rings. The second-order valence-electron chi connectivity index (χ2n) is 6.57. The van der Waals surface area contributed by atoms with Crippen LogP contribution in [0.5, 0.6) is 0 Å². The van der Waals surface area contributed by atoms with Gasteiger partial charge in [-0.2, -0.15) is 0 Å². The van der Waals surface area contributed by atoms with Crippen LogP contribution in [0.2, 0.25) is 0 Å². The van der Waals surface area contributed by atoms with Crippen molar-refractivity contribution in [2.45, 2.75) is 29.4 Å². The van der Waals surface area contributed by atoms with E-state index in [1.807, 2.05) is 61.5 Å². The Hall–Kier alpha value is -2.80. The van der Waals surface area contributed by atoms with Gasteiger partial charge in [-0.15, -0.1) is 11.8 Å². The molecular weight excluding hydrogens is 376 g/mol. The summed E-state index contributed by atoms with van der Waals surface area (Å²) in [6.45, 7) is 2.12. The number of benzene rings is 2. The van der Waals surface area contributed by atoms with E-state index in [0.29, 0.717) is 6.54 Å². The third kappa shape index (κ3) is 5.36. The van der Waals surface area contributed by atoms with Crippen LogP contribution in [-0.4, -0.2) is 36.2 Å². The van der Waals surface area contributed by atoms with Crippen LogP contribution < -0.4 is 10.6 Å². The number of hydrogen-bond donors (Lipinski definition) is 2. The molecule has 2 aromatic rings. The van der Waals surface area contributed by atoms with Crippen molar-refractivity contribution in [3.05, 3.63) is 60.2 Å². The summed E-state index contributed by atoms with van der Waals surface area (Å²) in [6.07, 6.45) is -0.0848. The Morgan fingerprint density at radius 2 is 1.86 bits per heavy atom. The Labute approximate surface area is 168 Å². The summed E-state index contributed by atoms with van der Waals surface area (Å²) in [5.74, 6) is -1.01. The largest absolute Gasteiger partial charge is 0.456 e. The fourth-order valence-corrected chi connectivity index (χ4v) is 3.90. The van der Waals surface area contributed by atoms with Crippen LogP contribution in [0.4, 0.5) is 5.69 Å². The van der Waals surface area contributed by atoms with E-state index in [1.54, 1.807) is 0 Å². The van der Waals surface area contributed by atoms with E-state index in [9.17, 15) is 14.4 Å². The van der Waals surface area contributed by atoms with Gasteiger partial charge in [0.05, 0.1) is 17.4 Å². The van der Waals surface area contributed by atoms with Crippen molar-refractivity contribution >= 4 is 35.2 Å². The van der Waals surface area contributed by atoms with Crippen molar-refractivity contribution in [2.75, 3.05) is 18.5 Å². The molecule has 0 fully saturated rings. The molecule has 0 aromatic heterocycles. The molecule has 1 heterocycles. The topological polar surface area (TPSA) is 84.5 Å². The van der Waals surface area contributed by atoms with E-state index in [2.05, 4.69) is 10.6 Å². The lowest BCUT2D eigenvalue weighted by Gasteiger charge is -2.23. The molecule has 2 N–H and O–H groups in total. The van der Waals surface area contributed by atoms with Crippen LogP contribution >= 0.6 is 11.8 Å². The lowest BCUT2D eigenvalue weighted by atomic mass is 10.0. The van der Waals surface area contributed by atoms with Gasteiger partial charge < -0.3 is 15.4 Å². The molecule has 3 rings (SSSR count). The molecule has 1 aliphatic heterocycles. The van der Waals surface area contributed by atoms with Crippen LogP contribution in [-0.2, 0) is 19.1 Å². The first-order valence-electron chi connectivity index (χ1n) is 9.06. The van der Waals surface area contributed by atoms with Gasteiger partial charge in [0.2, 0.25) is 5.91 Å². The Kier molecular flexibility index (Phi) is 6.71. The van der Waals surface area contributed by atoms with Crippen LogP contribution in [0.15, 0.2) is 59.5 Å². The van der Waals surface area contributed by atoms with Gasteiger partial charge in [-0.3, -0.25) is 14.4 Å². The number of carbonyl (C=O) groups is 3. The van der Waals surface area contributed by atoms with Crippen molar-refractivity contribution in [3.63, 3.8) is 0 Å². The second-order valence-corrected chi connectivity index (χ2v) is 7.82. The Balaban J connectivity index is 1.40. The number of amides is 2. The average molecular weight is 398 g/mol. The molecule has 146 valence electrons. The summed E-state index contributed by atoms with van der Waals surface area (Å²) in [5.41, 5.74) is 1.87. The predicted molar refractivity (Wildman–Crippen MR) is 108 cm³/mol. The van der Waals surface area contributed by atoms with Gasteiger partial charge in [0.1, 0.15) is 0 Å². The molecule has 0 unspecified atom stereocenters. The Morgan fingerprint density at radius 1 is 1.14 bits per heavy atom. The number of ether oxygens (including phenoxy) is 1. The van der Waals surface area contributed by atoms with E-state index in [-0.39, 0.29) is 30.8 Å². The van der Waals surface area contributed by atoms with E-state index < -0.39 is 11.2 Å². The SMILES string of the molecule is C[C@H](CNC(=O)COC(=O)C[C@@H]1Sc2ccccc2NC1=O)c1ccccc1. The molecular formula is C21H22N2O4S. The minimum Gasteiger partial charge on any atom is -0.456 e. The molecule has 2 atom stereocenters. The first-order valence-corrected chi connectivity index (χ1v) is 9.94. The second kappa shape index (κ2) is 9.41. The van der Waals surface area contributed by atoms with Crippen molar-refractivity contribution in [3.8, 4) is 0 Å². The number of carbonyl (C=O) groups excluding carboxylic acids is 3. The zero-order chi connectivity index (χ0) is 19.9. The third-order valence-corrected chi connectivity index (χ3v) is 5.67. The van der Waals surface area contributed by atoms with Gasteiger partial charge in [0, 0.05) is 11.4 Å². The third-order valence-electron chi connectivity index (χ3n) is 4.40. The number of para-hydroxylation sites is 1. The normalized spacial score (nSPS) is 16.5. The fraction of sp³-hybridized carbons (Fsp3) is 0.286. The predicted octanol–water partition coefficient (Wildman–Crippen LogP) is 2.95. The van der Waals surface area contributed by atoms with Crippen molar-refractivity contribution < 1.29 is 19.1 Å². The van der Waals surface area contributed by atoms with Gasteiger partial charge in [-0.25, -0.2) is 0 Å². The van der Waals surface area contributed by atoms with Crippen LogP contribution in [0.3, 0.4) is 0 Å². The van der Waals surface area contributed by atoms with E-state index in [4.69, 9.17) is 4.74 Å². The quantitative estimate of drug-likeness (QED) is 0.701. The number of nitrogens with one attached hydrogen (secondary N) is 2. The van der Waals surface area contributed by atoms with Gasteiger partial charge in [-0.05, 0) is 23.6 Å². The van der Waals surface area contributed by atoms with Gasteiger partial charge >= 0.3 is 5.97 Å². The van der Waals surface area contributed by atoms with Gasteiger partial charge in [0.25, 0.3) is 5.91 Å². The number of anilines is 1.